The molecule has 1 rings (SSSR count). The molecule has 0 aliphatic heterocycles. The lowest BCUT2D eigenvalue weighted by molar-refractivity contribution is -0.137. The van der Waals surface area contributed by atoms with Crippen molar-refractivity contribution in [2.45, 2.75) is 25.7 Å². The number of benzene rings is 1. The highest BCUT2D eigenvalue weighted by Crippen LogP contribution is 2.26. The van der Waals surface area contributed by atoms with Crippen molar-refractivity contribution >= 4 is 5.97 Å². The van der Waals surface area contributed by atoms with Gasteiger partial charge in [-0.2, -0.15) is 0 Å². The van der Waals surface area contributed by atoms with Gasteiger partial charge in [-0.1, -0.05) is 12.1 Å². The van der Waals surface area contributed by atoms with Crippen molar-refractivity contribution in [2.75, 3.05) is 0 Å². The minimum atomic E-state index is -2.87. The average molecular weight is 232 g/mol. The van der Waals surface area contributed by atoms with Crippen LogP contribution in [-0.2, 0) is 11.2 Å². The molecular weight excluding hydrogens is 221 g/mol. The van der Waals surface area contributed by atoms with E-state index in [1.165, 1.54) is 12.1 Å². The molecule has 0 aliphatic carbocycles. The lowest BCUT2D eigenvalue weighted by Crippen LogP contribution is -2.01. The monoisotopic (exact) mass is 232 g/mol. The normalized spacial score (nSPS) is 10.8. The predicted molar refractivity (Wildman–Crippen MR) is 51.9 cm³/mol. The molecule has 0 aromatic heterocycles. The second-order valence-electron chi connectivity index (χ2n) is 3.36. The molecular formula is C11H11F3O2. The highest BCUT2D eigenvalue weighted by molar-refractivity contribution is 5.66. The zero-order valence-electron chi connectivity index (χ0n) is 8.42. The lowest BCUT2D eigenvalue weighted by atomic mass is 10.0. The third-order valence-electron chi connectivity index (χ3n) is 2.20. The maximum absolute atomic E-state index is 13.1. The molecule has 1 N–H and O–H groups in total. The maximum atomic E-state index is 13.1. The summed E-state index contributed by atoms with van der Waals surface area (Å²) in [4.78, 5) is 10.3. The highest BCUT2D eigenvalue weighted by Gasteiger charge is 2.17. The number of rotatable bonds is 5. The predicted octanol–water partition coefficient (Wildman–Crippen LogP) is 3.17. The van der Waals surface area contributed by atoms with Gasteiger partial charge in [-0.05, 0) is 24.5 Å². The third kappa shape index (κ3) is 3.25. The van der Waals surface area contributed by atoms with E-state index in [1.807, 2.05) is 0 Å². The molecule has 2 nitrogen and oxygen atoms in total. The number of carbonyl (C=O) groups is 1. The van der Waals surface area contributed by atoms with E-state index in [2.05, 4.69) is 0 Å². The van der Waals surface area contributed by atoms with Gasteiger partial charge in [-0.15, -0.1) is 0 Å². The minimum Gasteiger partial charge on any atom is -0.481 e. The Bertz CT molecular complexity index is 377. The van der Waals surface area contributed by atoms with E-state index in [9.17, 15) is 18.0 Å². The van der Waals surface area contributed by atoms with Crippen molar-refractivity contribution in [2.24, 2.45) is 0 Å². The Labute approximate surface area is 90.7 Å². The van der Waals surface area contributed by atoms with Crippen molar-refractivity contribution in [3.63, 3.8) is 0 Å². The number of halogens is 3. The Morgan fingerprint density at radius 1 is 1.38 bits per heavy atom. The molecule has 0 saturated heterocycles. The third-order valence-corrected chi connectivity index (χ3v) is 2.20. The van der Waals surface area contributed by atoms with E-state index >= 15 is 0 Å². The Morgan fingerprint density at radius 3 is 2.62 bits per heavy atom. The number of alkyl halides is 2. The van der Waals surface area contributed by atoms with Gasteiger partial charge in [0.1, 0.15) is 5.82 Å². The average Bonchev–Trinajstić information content (AvgIpc) is 2.16. The first-order valence-corrected chi connectivity index (χ1v) is 4.79. The number of aryl methyl sites for hydroxylation is 1. The van der Waals surface area contributed by atoms with Gasteiger partial charge in [0.05, 0.1) is 5.56 Å². The molecule has 0 amide bonds. The summed E-state index contributed by atoms with van der Waals surface area (Å²) in [7, 11) is 0. The largest absolute Gasteiger partial charge is 0.481 e. The molecule has 0 fully saturated rings. The van der Waals surface area contributed by atoms with Crippen molar-refractivity contribution in [1.82, 2.24) is 0 Å². The van der Waals surface area contributed by atoms with E-state index < -0.39 is 23.8 Å². The van der Waals surface area contributed by atoms with Crippen LogP contribution in [0.3, 0.4) is 0 Å². The fourth-order valence-corrected chi connectivity index (χ4v) is 1.47. The first-order valence-electron chi connectivity index (χ1n) is 4.79. The fraction of sp³-hybridized carbons (Fsp3) is 0.364. The standard InChI is InChI=1S/C11H11F3O2/c12-8-5-1-3-7(10(8)11(13)14)4-2-6-9(15)16/h1,3,5,11H,2,4,6H2,(H,15,16). The van der Waals surface area contributed by atoms with Crippen molar-refractivity contribution < 1.29 is 23.1 Å². The number of carboxylic acid groups (broad SMARTS) is 1. The molecule has 0 spiro atoms. The Hall–Kier alpha value is -1.52. The van der Waals surface area contributed by atoms with Crippen LogP contribution in [0.2, 0.25) is 0 Å². The van der Waals surface area contributed by atoms with E-state index in [0.717, 1.165) is 6.07 Å². The molecule has 0 unspecified atom stereocenters. The fourth-order valence-electron chi connectivity index (χ4n) is 1.47. The SMILES string of the molecule is O=C(O)CCCc1cccc(F)c1C(F)F. The minimum absolute atomic E-state index is 0.112. The summed E-state index contributed by atoms with van der Waals surface area (Å²) >= 11 is 0. The molecule has 1 aromatic rings. The van der Waals surface area contributed by atoms with E-state index in [4.69, 9.17) is 5.11 Å². The van der Waals surface area contributed by atoms with Crippen LogP contribution in [0, 0.1) is 5.82 Å². The molecule has 5 heteroatoms. The van der Waals surface area contributed by atoms with Crippen molar-refractivity contribution in [3.8, 4) is 0 Å². The summed E-state index contributed by atoms with van der Waals surface area (Å²) in [6.45, 7) is 0. The van der Waals surface area contributed by atoms with Gasteiger partial charge >= 0.3 is 5.97 Å². The first kappa shape index (κ1) is 12.5. The number of hydrogen-bond donors (Lipinski definition) is 1. The van der Waals surface area contributed by atoms with Crippen LogP contribution in [0.15, 0.2) is 18.2 Å². The summed E-state index contributed by atoms with van der Waals surface area (Å²) < 4.78 is 38.1. The maximum Gasteiger partial charge on any atom is 0.303 e. The molecule has 0 bridgehead atoms. The molecule has 88 valence electrons. The Balaban J connectivity index is 2.79. The number of carboxylic acids is 1. The van der Waals surface area contributed by atoms with Crippen LogP contribution in [0.25, 0.3) is 0 Å². The molecule has 0 saturated carbocycles. The van der Waals surface area contributed by atoms with Gasteiger partial charge in [-0.25, -0.2) is 13.2 Å². The summed E-state index contributed by atoms with van der Waals surface area (Å²) in [6, 6.07) is 3.71. The molecule has 1 aromatic carbocycles. The summed E-state index contributed by atoms with van der Waals surface area (Å²) in [5, 5.41) is 8.40. The first-order chi connectivity index (χ1) is 7.52. The second-order valence-corrected chi connectivity index (χ2v) is 3.36. The van der Waals surface area contributed by atoms with Crippen molar-refractivity contribution in [1.29, 1.82) is 0 Å². The molecule has 0 aliphatic rings. The van der Waals surface area contributed by atoms with Crippen molar-refractivity contribution in [3.05, 3.63) is 35.1 Å². The van der Waals surface area contributed by atoms with Gasteiger partial charge in [0.2, 0.25) is 0 Å². The van der Waals surface area contributed by atoms with E-state index in [-0.39, 0.29) is 24.8 Å². The summed E-state index contributed by atoms with van der Waals surface area (Å²) in [5.74, 6) is -1.93. The quantitative estimate of drug-likeness (QED) is 0.846. The topological polar surface area (TPSA) is 37.3 Å². The van der Waals surface area contributed by atoms with Crippen LogP contribution in [0.1, 0.15) is 30.4 Å². The highest BCUT2D eigenvalue weighted by atomic mass is 19.3. The van der Waals surface area contributed by atoms with Crippen LogP contribution >= 0.6 is 0 Å². The lowest BCUT2D eigenvalue weighted by Gasteiger charge is -2.08. The number of hydrogen-bond acceptors (Lipinski definition) is 1. The molecule has 0 atom stereocenters. The van der Waals surface area contributed by atoms with Gasteiger partial charge < -0.3 is 5.11 Å². The molecule has 0 radical (unpaired) electrons. The zero-order valence-corrected chi connectivity index (χ0v) is 8.42. The van der Waals surface area contributed by atoms with Crippen LogP contribution in [0.4, 0.5) is 13.2 Å². The van der Waals surface area contributed by atoms with E-state index in [1.54, 1.807) is 0 Å². The van der Waals surface area contributed by atoms with Gasteiger partial charge in [0.25, 0.3) is 6.43 Å². The van der Waals surface area contributed by atoms with Gasteiger partial charge in [-0.3, -0.25) is 4.79 Å². The zero-order chi connectivity index (χ0) is 12.1. The summed E-state index contributed by atoms with van der Waals surface area (Å²) in [6.07, 6.45) is -2.62. The molecule has 16 heavy (non-hydrogen) atoms. The van der Waals surface area contributed by atoms with Gasteiger partial charge in [0.15, 0.2) is 0 Å². The van der Waals surface area contributed by atoms with Crippen LogP contribution in [0.5, 0.6) is 0 Å². The number of aliphatic carboxylic acids is 1. The summed E-state index contributed by atoms with van der Waals surface area (Å²) in [5.41, 5.74) is -0.441. The Kier molecular flexibility index (Phi) is 4.34. The van der Waals surface area contributed by atoms with Gasteiger partial charge in [0, 0.05) is 6.42 Å². The molecule has 0 heterocycles. The van der Waals surface area contributed by atoms with Crippen LogP contribution < -0.4 is 0 Å². The second kappa shape index (κ2) is 5.53. The smallest absolute Gasteiger partial charge is 0.303 e. The van der Waals surface area contributed by atoms with Crippen LogP contribution in [-0.4, -0.2) is 11.1 Å². The van der Waals surface area contributed by atoms with E-state index in [0.29, 0.717) is 0 Å². The Morgan fingerprint density at radius 2 is 2.06 bits per heavy atom.